The van der Waals surface area contributed by atoms with E-state index < -0.39 is 0 Å². The molecule has 2 aromatic heterocycles. The Hall–Kier alpha value is -3.87. The molecule has 0 saturated heterocycles. The van der Waals surface area contributed by atoms with Crippen molar-refractivity contribution in [3.05, 3.63) is 96.1 Å². The molecular weight excluding hydrogens is 388 g/mol. The monoisotopic (exact) mass is 412 g/mol. The molecule has 7 nitrogen and oxygen atoms in total. The number of carbonyl (C=O) groups excluding carboxylic acids is 1. The smallest absolute Gasteiger partial charge is 0.319 e. The van der Waals surface area contributed by atoms with Crippen molar-refractivity contribution in [2.45, 2.75) is 31.8 Å². The summed E-state index contributed by atoms with van der Waals surface area (Å²) in [4.78, 5) is 12.8. The average Bonchev–Trinajstić information content (AvgIpc) is 3.46. The Morgan fingerprint density at radius 1 is 1.03 bits per heavy atom. The van der Waals surface area contributed by atoms with Gasteiger partial charge in [-0.3, -0.25) is 4.68 Å². The number of urea groups is 1. The standard InChI is InChI=1S/C24H24N6O/c31-24(28-21-10-4-5-12-23(21)29-15-7-14-25-29)27-20-11-6-13-22-19(20)16-26-30(22)17-18-8-2-1-3-9-18/h1-5,7-10,12,14-16,20H,6,11,13,17H2,(H2,27,28,31). The number of amides is 2. The highest BCUT2D eigenvalue weighted by molar-refractivity contribution is 5.91. The van der Waals surface area contributed by atoms with E-state index in [0.29, 0.717) is 5.69 Å². The van der Waals surface area contributed by atoms with Crippen molar-refractivity contribution in [3.8, 4) is 5.69 Å². The van der Waals surface area contributed by atoms with E-state index >= 15 is 0 Å². The number of hydrogen-bond acceptors (Lipinski definition) is 3. The first-order valence-corrected chi connectivity index (χ1v) is 10.5. The molecule has 0 aliphatic heterocycles. The van der Waals surface area contributed by atoms with Gasteiger partial charge in [-0.1, -0.05) is 42.5 Å². The second-order valence-electron chi connectivity index (χ2n) is 7.70. The minimum absolute atomic E-state index is 0.0508. The highest BCUT2D eigenvalue weighted by atomic mass is 16.2. The second kappa shape index (κ2) is 8.47. The van der Waals surface area contributed by atoms with Crippen LogP contribution in [0.2, 0.25) is 0 Å². The lowest BCUT2D eigenvalue weighted by atomic mass is 9.93. The van der Waals surface area contributed by atoms with Crippen LogP contribution in [0.4, 0.5) is 10.5 Å². The molecule has 2 aromatic carbocycles. The summed E-state index contributed by atoms with van der Waals surface area (Å²) in [5, 5.41) is 15.0. The zero-order chi connectivity index (χ0) is 21.0. The zero-order valence-corrected chi connectivity index (χ0v) is 17.1. The van der Waals surface area contributed by atoms with E-state index in [9.17, 15) is 4.79 Å². The molecule has 1 unspecified atom stereocenters. The van der Waals surface area contributed by atoms with Gasteiger partial charge in [-0.2, -0.15) is 10.2 Å². The van der Waals surface area contributed by atoms with E-state index in [1.54, 1.807) is 10.9 Å². The molecule has 156 valence electrons. The summed E-state index contributed by atoms with van der Waals surface area (Å²) in [6, 6.07) is 19.5. The van der Waals surface area contributed by atoms with Crippen molar-refractivity contribution in [1.29, 1.82) is 0 Å². The van der Waals surface area contributed by atoms with Gasteiger partial charge in [0.15, 0.2) is 0 Å². The first-order chi connectivity index (χ1) is 15.3. The Bertz CT molecular complexity index is 1170. The Labute approximate surface area is 180 Å². The van der Waals surface area contributed by atoms with Crippen molar-refractivity contribution in [2.24, 2.45) is 0 Å². The van der Waals surface area contributed by atoms with Gasteiger partial charge in [0.2, 0.25) is 0 Å². The number of anilines is 1. The van der Waals surface area contributed by atoms with E-state index in [4.69, 9.17) is 0 Å². The van der Waals surface area contributed by atoms with Crippen molar-refractivity contribution >= 4 is 11.7 Å². The zero-order valence-electron chi connectivity index (χ0n) is 17.1. The molecule has 4 aromatic rings. The molecule has 5 rings (SSSR count). The van der Waals surface area contributed by atoms with E-state index in [1.165, 1.54) is 11.3 Å². The Morgan fingerprint density at radius 2 is 1.87 bits per heavy atom. The maximum absolute atomic E-state index is 12.8. The topological polar surface area (TPSA) is 76.8 Å². The molecule has 2 amide bonds. The summed E-state index contributed by atoms with van der Waals surface area (Å²) in [5.41, 5.74) is 5.06. The number of benzene rings is 2. The number of nitrogens with zero attached hydrogens (tertiary/aromatic N) is 4. The molecule has 1 aliphatic carbocycles. The van der Waals surface area contributed by atoms with Crippen LogP contribution in [0.25, 0.3) is 5.69 Å². The van der Waals surface area contributed by atoms with Gasteiger partial charge in [0.05, 0.1) is 30.2 Å². The van der Waals surface area contributed by atoms with Gasteiger partial charge in [-0.25, -0.2) is 9.48 Å². The quantitative estimate of drug-likeness (QED) is 0.513. The molecule has 7 heteroatoms. The maximum Gasteiger partial charge on any atom is 0.319 e. The van der Waals surface area contributed by atoms with Crippen LogP contribution in [0.15, 0.2) is 79.3 Å². The van der Waals surface area contributed by atoms with Crippen molar-refractivity contribution in [3.63, 3.8) is 0 Å². The number of aromatic nitrogens is 4. The third kappa shape index (κ3) is 4.07. The van der Waals surface area contributed by atoms with Gasteiger partial charge in [-0.15, -0.1) is 0 Å². The molecular formula is C24H24N6O. The minimum atomic E-state index is -0.228. The van der Waals surface area contributed by atoms with E-state index in [-0.39, 0.29) is 12.1 Å². The lowest BCUT2D eigenvalue weighted by Gasteiger charge is -2.24. The van der Waals surface area contributed by atoms with Gasteiger partial charge in [0.1, 0.15) is 0 Å². The van der Waals surface area contributed by atoms with E-state index in [2.05, 4.69) is 37.6 Å². The van der Waals surface area contributed by atoms with Crippen LogP contribution in [0.1, 0.15) is 35.7 Å². The molecule has 31 heavy (non-hydrogen) atoms. The van der Waals surface area contributed by atoms with Crippen LogP contribution >= 0.6 is 0 Å². The summed E-state index contributed by atoms with van der Waals surface area (Å²) >= 11 is 0. The van der Waals surface area contributed by atoms with Crippen LogP contribution in [0, 0.1) is 0 Å². The van der Waals surface area contributed by atoms with Crippen LogP contribution in [0.3, 0.4) is 0 Å². The molecule has 2 N–H and O–H groups in total. The van der Waals surface area contributed by atoms with E-state index in [0.717, 1.165) is 37.1 Å². The van der Waals surface area contributed by atoms with Crippen molar-refractivity contribution in [1.82, 2.24) is 24.9 Å². The Kier molecular flexibility index (Phi) is 5.22. The fourth-order valence-electron chi connectivity index (χ4n) is 4.17. The highest BCUT2D eigenvalue weighted by Gasteiger charge is 2.26. The second-order valence-corrected chi connectivity index (χ2v) is 7.70. The van der Waals surface area contributed by atoms with Gasteiger partial charge < -0.3 is 10.6 Å². The SMILES string of the molecule is O=C(Nc1ccccc1-n1cccn1)NC1CCCc2c1cnn2Cc1ccccc1. The van der Waals surface area contributed by atoms with Gasteiger partial charge in [0.25, 0.3) is 0 Å². The number of para-hydroxylation sites is 2. The van der Waals surface area contributed by atoms with Crippen molar-refractivity contribution < 1.29 is 4.79 Å². The van der Waals surface area contributed by atoms with Gasteiger partial charge >= 0.3 is 6.03 Å². The summed E-state index contributed by atoms with van der Waals surface area (Å²) in [5.74, 6) is 0. The summed E-state index contributed by atoms with van der Waals surface area (Å²) in [6.07, 6.45) is 8.37. The van der Waals surface area contributed by atoms with Gasteiger partial charge in [-0.05, 0) is 43.0 Å². The molecule has 1 atom stereocenters. The third-order valence-corrected chi connectivity index (χ3v) is 5.65. The molecule has 0 saturated carbocycles. The van der Waals surface area contributed by atoms with Gasteiger partial charge in [0, 0.05) is 23.7 Å². The third-order valence-electron chi connectivity index (χ3n) is 5.65. The predicted octanol–water partition coefficient (Wildman–Crippen LogP) is 4.32. The first-order valence-electron chi connectivity index (χ1n) is 10.5. The number of fused-ring (bicyclic) bond motifs is 1. The number of hydrogen-bond donors (Lipinski definition) is 2. The number of rotatable bonds is 5. The average molecular weight is 412 g/mol. The fraction of sp³-hybridized carbons (Fsp3) is 0.208. The van der Waals surface area contributed by atoms with Crippen molar-refractivity contribution in [2.75, 3.05) is 5.32 Å². The molecule has 1 aliphatic rings. The maximum atomic E-state index is 12.8. The summed E-state index contributed by atoms with van der Waals surface area (Å²) in [7, 11) is 0. The molecule has 0 radical (unpaired) electrons. The first kappa shape index (κ1) is 19.1. The van der Waals surface area contributed by atoms with Crippen LogP contribution in [-0.2, 0) is 13.0 Å². The molecule has 2 heterocycles. The lowest BCUT2D eigenvalue weighted by Crippen LogP contribution is -2.34. The molecule has 0 fully saturated rings. The minimum Gasteiger partial charge on any atom is -0.331 e. The predicted molar refractivity (Wildman–Crippen MR) is 119 cm³/mol. The fourth-order valence-corrected chi connectivity index (χ4v) is 4.17. The number of nitrogens with one attached hydrogen (secondary N) is 2. The summed E-state index contributed by atoms with van der Waals surface area (Å²) in [6.45, 7) is 0.742. The lowest BCUT2D eigenvalue weighted by molar-refractivity contribution is 0.247. The Morgan fingerprint density at radius 3 is 2.71 bits per heavy atom. The largest absolute Gasteiger partial charge is 0.331 e. The van der Waals surface area contributed by atoms with Crippen LogP contribution < -0.4 is 10.6 Å². The normalized spacial score (nSPS) is 15.3. The van der Waals surface area contributed by atoms with E-state index in [1.807, 2.05) is 60.9 Å². The van der Waals surface area contributed by atoms with Crippen LogP contribution in [-0.4, -0.2) is 25.6 Å². The summed E-state index contributed by atoms with van der Waals surface area (Å²) < 4.78 is 3.80. The molecule has 0 bridgehead atoms. The van der Waals surface area contributed by atoms with Crippen LogP contribution in [0.5, 0.6) is 0 Å². The molecule has 0 spiro atoms. The highest BCUT2D eigenvalue weighted by Crippen LogP contribution is 2.30. The number of carbonyl (C=O) groups is 1. The Balaban J connectivity index is 1.31.